The maximum Gasteiger partial charge on any atom is 0.213 e. The highest BCUT2D eigenvalue weighted by molar-refractivity contribution is 7.17. The van der Waals surface area contributed by atoms with Gasteiger partial charge in [0.25, 0.3) is 0 Å². The predicted octanol–water partition coefficient (Wildman–Crippen LogP) is 4.82. The van der Waals surface area contributed by atoms with Crippen LogP contribution < -0.4 is 4.74 Å². The summed E-state index contributed by atoms with van der Waals surface area (Å²) < 4.78 is 7.63. The first-order chi connectivity index (χ1) is 12.3. The summed E-state index contributed by atoms with van der Waals surface area (Å²) in [5, 5.41) is 3.45. The number of aromatic nitrogens is 1. The summed E-state index contributed by atoms with van der Waals surface area (Å²) in [4.78, 5) is 7.17. The number of piperidine rings is 3. The lowest BCUT2D eigenvalue weighted by Gasteiger charge is -2.49. The van der Waals surface area contributed by atoms with E-state index in [4.69, 9.17) is 4.74 Å². The first-order valence-corrected chi connectivity index (χ1v) is 10.0. The van der Waals surface area contributed by atoms with Crippen molar-refractivity contribution in [3.63, 3.8) is 0 Å². The smallest absolute Gasteiger partial charge is 0.213 e. The third kappa shape index (κ3) is 2.64. The number of nitrogens with zero attached hydrogens (tertiary/aromatic N) is 2. The van der Waals surface area contributed by atoms with Crippen LogP contribution in [-0.4, -0.2) is 35.1 Å². The number of hydrogen-bond donors (Lipinski definition) is 0. The van der Waals surface area contributed by atoms with Crippen LogP contribution in [0.5, 0.6) is 5.88 Å². The van der Waals surface area contributed by atoms with E-state index in [-0.39, 0.29) is 6.10 Å². The van der Waals surface area contributed by atoms with E-state index in [1.54, 1.807) is 11.3 Å². The average Bonchev–Trinajstić information content (AvgIpc) is 3.14. The number of rotatable bonds is 3. The minimum absolute atomic E-state index is 0.279. The standard InChI is InChI=1S/C21H22N2OS/c1-14-21(15-7-10-23(14)11-8-15)24-20-6-5-16(13-22-20)17-3-2-4-19-18(17)9-12-25-19/h2-6,9,12-15,21H,7-8,10-11H2,1H3/t14-,21-/m0/s1. The second-order valence-electron chi connectivity index (χ2n) is 7.22. The molecule has 6 rings (SSSR count). The molecule has 0 aliphatic carbocycles. The van der Waals surface area contributed by atoms with E-state index >= 15 is 0 Å². The Hall–Kier alpha value is -1.91. The molecule has 0 spiro atoms. The van der Waals surface area contributed by atoms with Gasteiger partial charge in [0.05, 0.1) is 0 Å². The highest BCUT2D eigenvalue weighted by Crippen LogP contribution is 2.35. The fourth-order valence-electron chi connectivity index (χ4n) is 4.45. The van der Waals surface area contributed by atoms with E-state index in [1.165, 1.54) is 41.6 Å². The first-order valence-electron chi connectivity index (χ1n) is 9.13. The van der Waals surface area contributed by atoms with Gasteiger partial charge in [-0.15, -0.1) is 11.3 Å². The topological polar surface area (TPSA) is 25.4 Å². The molecular weight excluding hydrogens is 328 g/mol. The molecule has 0 radical (unpaired) electrons. The fraction of sp³-hybridized carbons (Fsp3) is 0.381. The molecule has 0 unspecified atom stereocenters. The van der Waals surface area contributed by atoms with Gasteiger partial charge in [0.1, 0.15) is 6.10 Å². The largest absolute Gasteiger partial charge is 0.472 e. The third-order valence-corrected chi connectivity index (χ3v) is 6.77. The molecule has 0 saturated carbocycles. The van der Waals surface area contributed by atoms with Gasteiger partial charge in [0.2, 0.25) is 5.88 Å². The van der Waals surface area contributed by atoms with Crippen LogP contribution in [0, 0.1) is 5.92 Å². The summed E-state index contributed by atoms with van der Waals surface area (Å²) >= 11 is 1.78. The van der Waals surface area contributed by atoms with Crippen molar-refractivity contribution in [3.05, 3.63) is 48.0 Å². The Labute approximate surface area is 152 Å². The normalized spacial score (nSPS) is 28.4. The lowest BCUT2D eigenvalue weighted by molar-refractivity contribution is -0.0525. The molecular formula is C21H22N2OS. The SMILES string of the molecule is C[C@H]1[C@H](Oc2ccc(-c3cccc4sccc34)cn2)C2CCN1CC2. The zero-order chi connectivity index (χ0) is 16.8. The van der Waals surface area contributed by atoms with Gasteiger partial charge in [-0.05, 0) is 67.9 Å². The molecule has 3 aromatic rings. The summed E-state index contributed by atoms with van der Waals surface area (Å²) in [5.41, 5.74) is 2.40. The Kier molecular flexibility index (Phi) is 3.75. The monoisotopic (exact) mass is 350 g/mol. The van der Waals surface area contributed by atoms with E-state index in [0.717, 1.165) is 11.4 Å². The quantitative estimate of drug-likeness (QED) is 0.677. The van der Waals surface area contributed by atoms with Crippen LogP contribution in [0.4, 0.5) is 0 Å². The number of ether oxygens (including phenoxy) is 1. The Balaban J connectivity index is 1.40. The highest BCUT2D eigenvalue weighted by Gasteiger charge is 2.41. The molecule has 4 heteroatoms. The van der Waals surface area contributed by atoms with Gasteiger partial charge >= 0.3 is 0 Å². The van der Waals surface area contributed by atoms with Crippen molar-refractivity contribution in [2.24, 2.45) is 5.92 Å². The molecule has 25 heavy (non-hydrogen) atoms. The zero-order valence-electron chi connectivity index (χ0n) is 14.4. The lowest BCUT2D eigenvalue weighted by atomic mass is 9.81. The van der Waals surface area contributed by atoms with E-state index in [2.05, 4.69) is 52.5 Å². The van der Waals surface area contributed by atoms with Crippen molar-refractivity contribution in [1.82, 2.24) is 9.88 Å². The molecule has 0 amide bonds. The van der Waals surface area contributed by atoms with Crippen LogP contribution in [0.1, 0.15) is 19.8 Å². The van der Waals surface area contributed by atoms with Crippen LogP contribution in [0.15, 0.2) is 48.0 Å². The molecule has 3 fully saturated rings. The van der Waals surface area contributed by atoms with Crippen LogP contribution in [0.25, 0.3) is 21.2 Å². The van der Waals surface area contributed by atoms with Crippen molar-refractivity contribution < 1.29 is 4.74 Å². The Morgan fingerprint density at radius 2 is 2.00 bits per heavy atom. The molecule has 3 aliphatic rings. The van der Waals surface area contributed by atoms with Crippen molar-refractivity contribution in [1.29, 1.82) is 0 Å². The number of hydrogen-bond acceptors (Lipinski definition) is 4. The van der Waals surface area contributed by atoms with Crippen LogP contribution in [-0.2, 0) is 0 Å². The Morgan fingerprint density at radius 1 is 1.12 bits per heavy atom. The van der Waals surface area contributed by atoms with Gasteiger partial charge < -0.3 is 4.74 Å². The van der Waals surface area contributed by atoms with E-state index < -0.39 is 0 Å². The summed E-state index contributed by atoms with van der Waals surface area (Å²) in [6, 6.07) is 13.3. The molecule has 3 nitrogen and oxygen atoms in total. The minimum Gasteiger partial charge on any atom is -0.472 e. The molecule has 3 aliphatic heterocycles. The van der Waals surface area contributed by atoms with Crippen LogP contribution in [0.3, 0.4) is 0 Å². The predicted molar refractivity (Wildman–Crippen MR) is 103 cm³/mol. The Bertz CT molecular complexity index is 878. The molecule has 2 aromatic heterocycles. The lowest BCUT2D eigenvalue weighted by Crippen LogP contribution is -2.58. The maximum absolute atomic E-state index is 6.31. The average molecular weight is 350 g/mol. The highest BCUT2D eigenvalue weighted by atomic mass is 32.1. The zero-order valence-corrected chi connectivity index (χ0v) is 15.2. The van der Waals surface area contributed by atoms with E-state index in [0.29, 0.717) is 12.0 Å². The van der Waals surface area contributed by atoms with Gasteiger partial charge in [-0.1, -0.05) is 12.1 Å². The van der Waals surface area contributed by atoms with Crippen molar-refractivity contribution in [3.8, 4) is 17.0 Å². The molecule has 2 atom stereocenters. The first kappa shape index (κ1) is 15.4. The summed E-state index contributed by atoms with van der Waals surface area (Å²) in [7, 11) is 0. The number of pyridine rings is 1. The summed E-state index contributed by atoms with van der Waals surface area (Å²) in [5.74, 6) is 1.44. The molecule has 3 saturated heterocycles. The van der Waals surface area contributed by atoms with E-state index in [1.807, 2.05) is 12.3 Å². The summed E-state index contributed by atoms with van der Waals surface area (Å²) in [6.07, 6.45) is 4.75. The van der Waals surface area contributed by atoms with Gasteiger partial charge in [-0.2, -0.15) is 0 Å². The van der Waals surface area contributed by atoms with Crippen LogP contribution in [0.2, 0.25) is 0 Å². The fourth-order valence-corrected chi connectivity index (χ4v) is 5.26. The van der Waals surface area contributed by atoms with Crippen molar-refractivity contribution in [2.45, 2.75) is 31.9 Å². The molecule has 128 valence electrons. The number of thiophene rings is 1. The van der Waals surface area contributed by atoms with Crippen molar-refractivity contribution >= 4 is 21.4 Å². The van der Waals surface area contributed by atoms with E-state index in [9.17, 15) is 0 Å². The minimum atomic E-state index is 0.279. The molecule has 2 bridgehead atoms. The molecule has 5 heterocycles. The van der Waals surface area contributed by atoms with Crippen molar-refractivity contribution in [2.75, 3.05) is 13.1 Å². The maximum atomic E-state index is 6.31. The number of fused-ring (bicyclic) bond motifs is 4. The third-order valence-electron chi connectivity index (χ3n) is 5.89. The molecule has 1 aromatic carbocycles. The second kappa shape index (κ2) is 6.11. The number of benzene rings is 1. The summed E-state index contributed by atoms with van der Waals surface area (Å²) in [6.45, 7) is 4.74. The molecule has 0 N–H and O–H groups in total. The van der Waals surface area contributed by atoms with Gasteiger partial charge in [-0.25, -0.2) is 4.98 Å². The van der Waals surface area contributed by atoms with Crippen LogP contribution >= 0.6 is 11.3 Å². The van der Waals surface area contributed by atoms with Gasteiger partial charge in [0, 0.05) is 34.0 Å². The van der Waals surface area contributed by atoms with Gasteiger partial charge in [0.15, 0.2) is 0 Å². The Morgan fingerprint density at radius 3 is 2.76 bits per heavy atom. The second-order valence-corrected chi connectivity index (χ2v) is 8.17. The van der Waals surface area contributed by atoms with Gasteiger partial charge in [-0.3, -0.25) is 4.90 Å².